The van der Waals surface area contributed by atoms with Crippen LogP contribution < -0.4 is 14.8 Å². The lowest BCUT2D eigenvalue weighted by molar-refractivity contribution is -0.117. The van der Waals surface area contributed by atoms with E-state index in [9.17, 15) is 4.79 Å². The van der Waals surface area contributed by atoms with Gasteiger partial charge in [-0.15, -0.1) is 11.3 Å². The summed E-state index contributed by atoms with van der Waals surface area (Å²) >= 11 is 7.42. The Balaban J connectivity index is 1.53. The number of rotatable bonds is 5. The van der Waals surface area contributed by atoms with Crippen LogP contribution >= 0.6 is 22.9 Å². The minimum Gasteiger partial charge on any atom is -0.454 e. The average molecular weight is 339 g/mol. The zero-order chi connectivity index (χ0) is 15.5. The molecule has 7 heteroatoms. The lowest BCUT2D eigenvalue weighted by Gasteiger charge is -2.15. The van der Waals surface area contributed by atoms with E-state index in [1.54, 1.807) is 18.2 Å². The van der Waals surface area contributed by atoms with Gasteiger partial charge in [0, 0.05) is 23.2 Å². The maximum Gasteiger partial charge on any atom is 0.238 e. The fourth-order valence-corrected chi connectivity index (χ4v) is 3.35. The number of anilines is 1. The zero-order valence-corrected chi connectivity index (χ0v) is 13.5. The third-order valence-electron chi connectivity index (χ3n) is 3.12. The van der Waals surface area contributed by atoms with E-state index in [2.05, 4.69) is 5.32 Å². The van der Waals surface area contributed by atoms with Crippen molar-refractivity contribution in [3.05, 3.63) is 39.5 Å². The Bertz CT molecular complexity index is 689. The number of halogens is 1. The highest BCUT2D eigenvalue weighted by Crippen LogP contribution is 2.34. The van der Waals surface area contributed by atoms with Crippen LogP contribution in [0, 0.1) is 0 Å². The van der Waals surface area contributed by atoms with E-state index < -0.39 is 0 Å². The SMILES string of the molecule is CN(CC(=O)Nc1ccc2c(c1)OCO2)Cc1ccc(Cl)s1. The third-order valence-corrected chi connectivity index (χ3v) is 4.34. The van der Waals surface area contributed by atoms with Crippen LogP contribution in [0.3, 0.4) is 0 Å². The predicted molar refractivity (Wildman–Crippen MR) is 86.9 cm³/mol. The molecule has 0 saturated heterocycles. The number of nitrogens with zero attached hydrogens (tertiary/aromatic N) is 1. The first kappa shape index (κ1) is 15.1. The molecule has 1 amide bonds. The maximum absolute atomic E-state index is 12.1. The zero-order valence-electron chi connectivity index (χ0n) is 12.0. The Morgan fingerprint density at radius 3 is 2.91 bits per heavy atom. The molecule has 5 nitrogen and oxygen atoms in total. The van der Waals surface area contributed by atoms with Crippen LogP contribution in [-0.4, -0.2) is 31.2 Å². The van der Waals surface area contributed by atoms with Crippen LogP contribution in [-0.2, 0) is 11.3 Å². The van der Waals surface area contributed by atoms with Crippen LogP contribution in [0.1, 0.15) is 4.88 Å². The summed E-state index contributed by atoms with van der Waals surface area (Å²) in [4.78, 5) is 15.1. The van der Waals surface area contributed by atoms with Gasteiger partial charge in [0.2, 0.25) is 12.7 Å². The summed E-state index contributed by atoms with van der Waals surface area (Å²) in [5.74, 6) is 1.27. The topological polar surface area (TPSA) is 50.8 Å². The summed E-state index contributed by atoms with van der Waals surface area (Å²) in [5.41, 5.74) is 0.696. The predicted octanol–water partition coefficient (Wildman–Crippen LogP) is 3.20. The van der Waals surface area contributed by atoms with Crippen LogP contribution in [0.2, 0.25) is 4.34 Å². The lowest BCUT2D eigenvalue weighted by atomic mass is 10.2. The molecular formula is C15H15ClN2O3S. The maximum atomic E-state index is 12.1. The molecule has 22 heavy (non-hydrogen) atoms. The van der Waals surface area contributed by atoms with Crippen LogP contribution in [0.4, 0.5) is 5.69 Å². The van der Waals surface area contributed by atoms with Crippen molar-refractivity contribution in [2.75, 3.05) is 25.7 Å². The van der Waals surface area contributed by atoms with Crippen LogP contribution in [0.15, 0.2) is 30.3 Å². The van der Waals surface area contributed by atoms with E-state index in [1.807, 2.05) is 24.1 Å². The van der Waals surface area contributed by atoms with E-state index >= 15 is 0 Å². The molecule has 0 aliphatic carbocycles. The molecule has 1 aliphatic heterocycles. The van der Waals surface area contributed by atoms with Gasteiger partial charge in [-0.25, -0.2) is 0 Å². The number of thiophene rings is 1. The van der Waals surface area contributed by atoms with E-state index in [-0.39, 0.29) is 12.7 Å². The second-order valence-electron chi connectivity index (χ2n) is 4.99. The Hall–Kier alpha value is -1.76. The summed E-state index contributed by atoms with van der Waals surface area (Å²) in [6, 6.07) is 9.18. The number of fused-ring (bicyclic) bond motifs is 1. The number of amides is 1. The molecule has 0 unspecified atom stereocenters. The first-order valence-corrected chi connectivity index (χ1v) is 7.92. The molecule has 2 aromatic rings. The van der Waals surface area contributed by atoms with Crippen molar-refractivity contribution < 1.29 is 14.3 Å². The second kappa shape index (κ2) is 6.56. The molecule has 1 aromatic carbocycles. The van der Waals surface area contributed by atoms with Crippen LogP contribution in [0.5, 0.6) is 11.5 Å². The van der Waals surface area contributed by atoms with Gasteiger partial charge in [0.05, 0.1) is 10.9 Å². The second-order valence-corrected chi connectivity index (χ2v) is 6.79. The highest BCUT2D eigenvalue weighted by Gasteiger charge is 2.15. The van der Waals surface area contributed by atoms with Crippen molar-refractivity contribution in [2.45, 2.75) is 6.54 Å². The van der Waals surface area contributed by atoms with Crippen molar-refractivity contribution in [3.8, 4) is 11.5 Å². The van der Waals surface area contributed by atoms with Gasteiger partial charge in [-0.2, -0.15) is 0 Å². The number of carbonyl (C=O) groups is 1. The average Bonchev–Trinajstić information content (AvgIpc) is 3.06. The molecule has 0 bridgehead atoms. The molecule has 3 rings (SSSR count). The number of benzene rings is 1. The van der Waals surface area contributed by atoms with Gasteiger partial charge in [0.1, 0.15) is 0 Å². The summed E-state index contributed by atoms with van der Waals surface area (Å²) in [6.07, 6.45) is 0. The molecule has 1 aliphatic rings. The Morgan fingerprint density at radius 1 is 1.32 bits per heavy atom. The van der Waals surface area contributed by atoms with Crippen molar-refractivity contribution in [1.82, 2.24) is 4.90 Å². The van der Waals surface area contributed by atoms with Gasteiger partial charge in [0.15, 0.2) is 11.5 Å². The van der Waals surface area contributed by atoms with Gasteiger partial charge < -0.3 is 14.8 Å². The third kappa shape index (κ3) is 3.71. The number of nitrogens with one attached hydrogen (secondary N) is 1. The number of likely N-dealkylation sites (N-methyl/N-ethyl adjacent to an activating group) is 1. The quantitative estimate of drug-likeness (QED) is 0.909. The highest BCUT2D eigenvalue weighted by molar-refractivity contribution is 7.16. The van der Waals surface area contributed by atoms with E-state index in [0.717, 1.165) is 9.21 Å². The number of hydrogen-bond donors (Lipinski definition) is 1. The minimum atomic E-state index is -0.0796. The summed E-state index contributed by atoms with van der Waals surface area (Å²) in [7, 11) is 1.90. The monoisotopic (exact) mass is 338 g/mol. The fourth-order valence-electron chi connectivity index (χ4n) is 2.18. The van der Waals surface area contributed by atoms with Crippen molar-refractivity contribution in [2.24, 2.45) is 0 Å². The fraction of sp³-hybridized carbons (Fsp3) is 0.267. The first-order chi connectivity index (χ1) is 10.6. The van der Waals surface area contributed by atoms with Gasteiger partial charge in [-0.1, -0.05) is 11.6 Å². The van der Waals surface area contributed by atoms with Gasteiger partial charge in [0.25, 0.3) is 0 Å². The Kier molecular flexibility index (Phi) is 4.52. The summed E-state index contributed by atoms with van der Waals surface area (Å²) in [6.45, 7) is 1.20. The molecule has 0 fully saturated rings. The lowest BCUT2D eigenvalue weighted by Crippen LogP contribution is -2.29. The first-order valence-electron chi connectivity index (χ1n) is 6.72. The summed E-state index contributed by atoms with van der Waals surface area (Å²) < 4.78 is 11.3. The standard InChI is InChI=1S/C15H15ClN2O3S/c1-18(7-11-3-5-14(16)22-11)8-15(19)17-10-2-4-12-13(6-10)21-9-20-12/h2-6H,7-9H2,1H3,(H,17,19). The summed E-state index contributed by atoms with van der Waals surface area (Å²) in [5, 5.41) is 2.85. The molecule has 1 N–H and O–H groups in total. The smallest absolute Gasteiger partial charge is 0.238 e. The van der Waals surface area contributed by atoms with Gasteiger partial charge >= 0.3 is 0 Å². The van der Waals surface area contributed by atoms with Crippen LogP contribution in [0.25, 0.3) is 0 Å². The number of carbonyl (C=O) groups excluding carboxylic acids is 1. The molecule has 116 valence electrons. The van der Waals surface area contributed by atoms with Crippen molar-refractivity contribution in [1.29, 1.82) is 0 Å². The number of ether oxygens (including phenoxy) is 2. The Morgan fingerprint density at radius 2 is 2.14 bits per heavy atom. The van der Waals surface area contributed by atoms with E-state index in [4.69, 9.17) is 21.1 Å². The molecule has 0 spiro atoms. The Labute approximate surface area is 137 Å². The van der Waals surface area contributed by atoms with Crippen molar-refractivity contribution in [3.63, 3.8) is 0 Å². The number of hydrogen-bond acceptors (Lipinski definition) is 5. The largest absolute Gasteiger partial charge is 0.454 e. The molecule has 1 aromatic heterocycles. The molecule has 0 atom stereocenters. The van der Waals surface area contributed by atoms with Gasteiger partial charge in [-0.05, 0) is 31.3 Å². The molecular weight excluding hydrogens is 324 g/mol. The van der Waals surface area contributed by atoms with Gasteiger partial charge in [-0.3, -0.25) is 9.69 Å². The van der Waals surface area contributed by atoms with E-state index in [1.165, 1.54) is 11.3 Å². The highest BCUT2D eigenvalue weighted by atomic mass is 35.5. The molecule has 0 radical (unpaired) electrons. The molecule has 2 heterocycles. The van der Waals surface area contributed by atoms with E-state index in [0.29, 0.717) is 30.3 Å². The van der Waals surface area contributed by atoms with Crippen molar-refractivity contribution >= 4 is 34.5 Å². The molecule has 0 saturated carbocycles. The normalized spacial score (nSPS) is 12.7. The minimum absolute atomic E-state index is 0.0796.